The first-order valence-electron chi connectivity index (χ1n) is 7.01. The van der Waals surface area contributed by atoms with Crippen molar-refractivity contribution in [2.24, 2.45) is 0 Å². The van der Waals surface area contributed by atoms with E-state index in [0.717, 1.165) is 5.44 Å². The number of benzene rings is 1. The molecule has 0 unspecified atom stereocenters. The van der Waals surface area contributed by atoms with E-state index in [1.165, 1.54) is 0 Å². The zero-order valence-corrected chi connectivity index (χ0v) is 15.2. The number of rotatable bonds is 4. The molecule has 2 aromatic rings. The minimum absolute atomic E-state index is 0.403. The summed E-state index contributed by atoms with van der Waals surface area (Å²) in [6.45, 7) is 0. The number of aromatic amines is 1. The molecular weight excluding hydrogens is 299 g/mol. The fourth-order valence-electron chi connectivity index (χ4n) is 2.85. The molecule has 0 aliphatic rings. The molecule has 1 heterocycles. The minimum Gasteiger partial charge on any atom is -0.0623 e. The average Bonchev–Trinajstić information content (AvgIpc) is 2.93. The van der Waals surface area contributed by atoms with Crippen molar-refractivity contribution in [3.05, 3.63) is 47.8 Å². The number of hydrogen-bond acceptors (Lipinski definition) is 5. The molecule has 1 aromatic heterocycles. The van der Waals surface area contributed by atoms with Gasteiger partial charge in [-0.05, 0) is 0 Å². The van der Waals surface area contributed by atoms with E-state index < -0.39 is 12.1 Å². The van der Waals surface area contributed by atoms with Gasteiger partial charge >= 0.3 is 96.0 Å². The van der Waals surface area contributed by atoms with E-state index in [-0.39, 0.29) is 0 Å². The molecule has 22 heavy (non-hydrogen) atoms. The Morgan fingerprint density at radius 3 is 1.59 bits per heavy atom. The number of hydroxylamine groups is 2. The zero-order chi connectivity index (χ0) is 16.8. The monoisotopic (exact) mass is 326 g/mol. The molecule has 0 bridgehead atoms. The standard InChI is InChI=1S/C8H21N6OP.C6H6/c1-12(2)16(13(3)4,14(5,6)15)8-7-9-11-10-8;1-2-4-6-5-3-1/h7,16H,1-6H3,(H,9,10,11);1-6H. The fraction of sp³-hybridized carbons (Fsp3) is 0.429. The van der Waals surface area contributed by atoms with E-state index in [1.807, 2.05) is 73.9 Å². The summed E-state index contributed by atoms with van der Waals surface area (Å²) in [7, 11) is 8.34. The summed E-state index contributed by atoms with van der Waals surface area (Å²) in [6, 6.07) is 12.0. The predicted octanol–water partition coefficient (Wildman–Crippen LogP) is 1.31. The van der Waals surface area contributed by atoms with Crippen LogP contribution in [-0.2, 0) is 0 Å². The molecule has 0 radical (unpaired) electrons. The van der Waals surface area contributed by atoms with E-state index in [4.69, 9.17) is 0 Å². The van der Waals surface area contributed by atoms with Crippen molar-refractivity contribution in [3.63, 3.8) is 0 Å². The number of hydrogen-bond donors (Lipinski definition) is 1. The molecule has 8 heteroatoms. The molecule has 1 N–H and O–H groups in total. The Labute approximate surface area is 133 Å². The third kappa shape index (κ3) is 3.88. The number of H-pyrrole nitrogens is 1. The van der Waals surface area contributed by atoms with Gasteiger partial charge in [0, 0.05) is 0 Å². The summed E-state index contributed by atoms with van der Waals surface area (Å²) in [5.41, 5.74) is 0.738. The Morgan fingerprint density at radius 2 is 1.36 bits per heavy atom. The maximum absolute atomic E-state index is 12.5. The van der Waals surface area contributed by atoms with Crippen molar-refractivity contribution in [2.75, 3.05) is 42.3 Å². The number of nitrogens with one attached hydrogen (secondary N) is 1. The van der Waals surface area contributed by atoms with Crippen LogP contribution >= 0.6 is 7.71 Å². The van der Waals surface area contributed by atoms with Crippen molar-refractivity contribution in [1.29, 1.82) is 0 Å². The number of quaternary nitrogens is 1. The van der Waals surface area contributed by atoms with Crippen LogP contribution in [0, 0.1) is 5.21 Å². The van der Waals surface area contributed by atoms with Gasteiger partial charge in [-0.3, -0.25) is 0 Å². The molecule has 0 aliphatic carbocycles. The smallest absolute Gasteiger partial charge is 0.0623 e. The number of aromatic nitrogens is 3. The van der Waals surface area contributed by atoms with Crippen LogP contribution in [0.1, 0.15) is 0 Å². The van der Waals surface area contributed by atoms with Crippen molar-refractivity contribution < 1.29 is 4.42 Å². The van der Waals surface area contributed by atoms with Gasteiger partial charge in [0.2, 0.25) is 0 Å². The summed E-state index contributed by atoms with van der Waals surface area (Å²) in [5.74, 6) is 0. The van der Waals surface area contributed by atoms with Gasteiger partial charge in [0.25, 0.3) is 0 Å². The second-order valence-corrected chi connectivity index (χ2v) is 10.4. The minimum atomic E-state index is -2.63. The number of nitrogens with zero attached hydrogens (tertiary/aromatic N) is 5. The molecule has 0 aliphatic heterocycles. The summed E-state index contributed by atoms with van der Waals surface area (Å²) in [6.07, 6.45) is 1.71. The Hall–Kier alpha value is -1.37. The van der Waals surface area contributed by atoms with Gasteiger partial charge in [0.1, 0.15) is 0 Å². The third-order valence-electron chi connectivity index (χ3n) is 3.43. The molecular formula is C14H27N6OP. The quantitative estimate of drug-likeness (QED) is 0.677. The molecule has 0 spiro atoms. The van der Waals surface area contributed by atoms with Crippen LogP contribution in [0.3, 0.4) is 0 Å². The molecule has 1 aromatic carbocycles. The maximum Gasteiger partial charge on any atom is -0.0623 e. The van der Waals surface area contributed by atoms with Crippen LogP contribution in [0.5, 0.6) is 0 Å². The summed E-state index contributed by atoms with van der Waals surface area (Å²) in [4.78, 5) is 0. The van der Waals surface area contributed by atoms with Gasteiger partial charge in [0.05, 0.1) is 0 Å². The van der Waals surface area contributed by atoms with E-state index in [9.17, 15) is 5.21 Å². The van der Waals surface area contributed by atoms with Gasteiger partial charge < -0.3 is 0 Å². The molecule has 0 fully saturated rings. The Balaban J connectivity index is 0.000000335. The van der Waals surface area contributed by atoms with Crippen molar-refractivity contribution in [1.82, 2.24) is 24.8 Å². The SMILES string of the molecule is CN(C)[PH](c1c[nH]nn1)(N(C)C)[N+](C)(C)[O-].c1ccccc1. The average molecular weight is 326 g/mol. The van der Waals surface area contributed by atoms with Crippen LogP contribution in [0.4, 0.5) is 0 Å². The fourth-order valence-corrected chi connectivity index (χ4v) is 7.48. The zero-order valence-electron chi connectivity index (χ0n) is 14.2. The molecule has 124 valence electrons. The molecule has 0 atom stereocenters. The van der Waals surface area contributed by atoms with Crippen LogP contribution in [0.25, 0.3) is 0 Å². The van der Waals surface area contributed by atoms with E-state index in [2.05, 4.69) is 15.4 Å². The van der Waals surface area contributed by atoms with Gasteiger partial charge in [-0.2, -0.15) is 0 Å². The van der Waals surface area contributed by atoms with Crippen LogP contribution < -0.4 is 5.44 Å². The van der Waals surface area contributed by atoms with E-state index in [0.29, 0.717) is 0 Å². The first kappa shape index (κ1) is 18.7. The third-order valence-corrected chi connectivity index (χ3v) is 8.35. The summed E-state index contributed by atoms with van der Waals surface area (Å²) in [5, 5.41) is 23.0. The Morgan fingerprint density at radius 1 is 0.955 bits per heavy atom. The van der Waals surface area contributed by atoms with Gasteiger partial charge in [-0.1, -0.05) is 36.4 Å². The Kier molecular flexibility index (Phi) is 6.59. The van der Waals surface area contributed by atoms with Gasteiger partial charge in [-0.25, -0.2) is 0 Å². The van der Waals surface area contributed by atoms with Crippen LogP contribution in [-0.4, -0.2) is 71.5 Å². The first-order chi connectivity index (χ1) is 10.2. The predicted molar refractivity (Wildman–Crippen MR) is 93.6 cm³/mol. The molecule has 0 saturated heterocycles. The first-order valence-corrected chi connectivity index (χ1v) is 8.85. The van der Waals surface area contributed by atoms with Gasteiger partial charge in [-0.15, -0.1) is 0 Å². The second-order valence-electron chi connectivity index (χ2n) is 5.79. The summed E-state index contributed by atoms with van der Waals surface area (Å²) >= 11 is 0. The molecule has 0 saturated carbocycles. The topological polar surface area (TPSA) is 71.1 Å². The van der Waals surface area contributed by atoms with Gasteiger partial charge in [0.15, 0.2) is 0 Å². The van der Waals surface area contributed by atoms with Crippen molar-refractivity contribution in [2.45, 2.75) is 0 Å². The largest absolute Gasteiger partial charge is 0.0623 e. The van der Waals surface area contributed by atoms with Crippen molar-refractivity contribution >= 4 is 13.1 Å². The molecule has 7 nitrogen and oxygen atoms in total. The maximum atomic E-state index is 12.5. The van der Waals surface area contributed by atoms with Crippen LogP contribution in [0.15, 0.2) is 42.6 Å². The summed E-state index contributed by atoms with van der Waals surface area (Å²) < 4.78 is 3.56. The van der Waals surface area contributed by atoms with Crippen LogP contribution in [0.2, 0.25) is 0 Å². The van der Waals surface area contributed by atoms with Crippen molar-refractivity contribution in [3.8, 4) is 0 Å². The van der Waals surface area contributed by atoms with E-state index >= 15 is 0 Å². The molecule has 2 rings (SSSR count). The Bertz CT molecular complexity index is 489. The van der Waals surface area contributed by atoms with E-state index in [1.54, 1.807) is 20.3 Å². The normalized spacial score (nSPS) is 13.0. The molecule has 0 amide bonds. The second kappa shape index (κ2) is 7.76.